The number of fused-ring (bicyclic) bond motifs is 1. The van der Waals surface area contributed by atoms with Crippen molar-refractivity contribution in [2.24, 2.45) is 0 Å². The van der Waals surface area contributed by atoms with Gasteiger partial charge in [0.05, 0.1) is 17.8 Å². The van der Waals surface area contributed by atoms with Gasteiger partial charge in [0.25, 0.3) is 0 Å². The number of ether oxygens (including phenoxy) is 1. The van der Waals surface area contributed by atoms with Crippen LogP contribution in [-0.4, -0.2) is 61.8 Å². The van der Waals surface area contributed by atoms with E-state index in [0.29, 0.717) is 38.5 Å². The lowest BCUT2D eigenvalue weighted by Gasteiger charge is -2.44. The highest BCUT2D eigenvalue weighted by atomic mass is 16.6. The van der Waals surface area contributed by atoms with E-state index in [0.717, 1.165) is 23.5 Å². The fraction of sp³-hybridized carbons (Fsp3) is 0.522. The van der Waals surface area contributed by atoms with Crippen LogP contribution < -0.4 is 5.32 Å². The standard InChI is InChI=1S/C23H31N5O3/c1-22(2,3)31-21(29)28-10-9-17-11-24-20(26-19(17)13-28)25-18-7-5-16(6-8-18)12-27-14-23(4,30)15-27/h5-8,11,30H,9-10,12-15H2,1-4H3,(H,24,25,26). The van der Waals surface area contributed by atoms with Crippen LogP contribution >= 0.6 is 0 Å². The molecule has 1 fully saturated rings. The molecule has 2 aromatic rings. The van der Waals surface area contributed by atoms with Crippen LogP contribution in [0.3, 0.4) is 0 Å². The maximum atomic E-state index is 12.4. The Kier molecular flexibility index (Phi) is 5.61. The van der Waals surface area contributed by atoms with E-state index in [2.05, 4.69) is 32.3 Å². The van der Waals surface area contributed by atoms with Crippen molar-refractivity contribution in [1.82, 2.24) is 19.8 Å². The molecule has 2 aliphatic rings. The van der Waals surface area contributed by atoms with Gasteiger partial charge in [0.1, 0.15) is 5.60 Å². The van der Waals surface area contributed by atoms with Gasteiger partial charge >= 0.3 is 6.09 Å². The lowest BCUT2D eigenvalue weighted by atomic mass is 9.96. The summed E-state index contributed by atoms with van der Waals surface area (Å²) in [5, 5.41) is 13.1. The van der Waals surface area contributed by atoms with E-state index in [9.17, 15) is 9.90 Å². The molecular formula is C23H31N5O3. The normalized spacial score (nSPS) is 18.2. The average Bonchev–Trinajstić information content (AvgIpc) is 2.66. The van der Waals surface area contributed by atoms with Gasteiger partial charge in [-0.2, -0.15) is 0 Å². The summed E-state index contributed by atoms with van der Waals surface area (Å²) >= 11 is 0. The molecule has 2 N–H and O–H groups in total. The molecule has 1 aromatic carbocycles. The maximum absolute atomic E-state index is 12.4. The second-order valence-corrected chi connectivity index (χ2v) is 9.78. The molecule has 8 heteroatoms. The number of anilines is 2. The van der Waals surface area contributed by atoms with Gasteiger partial charge in [-0.15, -0.1) is 0 Å². The molecule has 4 rings (SSSR count). The molecule has 166 valence electrons. The van der Waals surface area contributed by atoms with E-state index in [1.807, 2.05) is 46.0 Å². The number of carbonyl (C=O) groups excluding carboxylic acids is 1. The minimum atomic E-state index is -0.551. The number of nitrogens with zero attached hydrogens (tertiary/aromatic N) is 4. The molecule has 8 nitrogen and oxygen atoms in total. The molecular weight excluding hydrogens is 394 g/mol. The highest BCUT2D eigenvalue weighted by Crippen LogP contribution is 2.24. The molecule has 1 saturated heterocycles. The number of rotatable bonds is 4. The predicted octanol–water partition coefficient (Wildman–Crippen LogP) is 3.08. The fourth-order valence-electron chi connectivity index (χ4n) is 3.96. The van der Waals surface area contributed by atoms with Crippen LogP contribution in [0.4, 0.5) is 16.4 Å². The van der Waals surface area contributed by atoms with Crippen molar-refractivity contribution in [3.63, 3.8) is 0 Å². The topological polar surface area (TPSA) is 90.8 Å². The third-order valence-corrected chi connectivity index (χ3v) is 5.34. The Labute approximate surface area is 183 Å². The number of aromatic nitrogens is 2. The summed E-state index contributed by atoms with van der Waals surface area (Å²) in [5.74, 6) is 0.510. The highest BCUT2D eigenvalue weighted by Gasteiger charge is 2.36. The fourth-order valence-corrected chi connectivity index (χ4v) is 3.96. The van der Waals surface area contributed by atoms with Crippen LogP contribution in [0.2, 0.25) is 0 Å². The monoisotopic (exact) mass is 425 g/mol. The first-order valence-corrected chi connectivity index (χ1v) is 10.7. The Hall–Kier alpha value is -2.71. The quantitative estimate of drug-likeness (QED) is 0.778. The first-order valence-electron chi connectivity index (χ1n) is 10.7. The van der Waals surface area contributed by atoms with E-state index in [4.69, 9.17) is 4.74 Å². The van der Waals surface area contributed by atoms with Gasteiger partial charge in [0, 0.05) is 38.1 Å². The second-order valence-electron chi connectivity index (χ2n) is 9.78. The number of hydrogen-bond acceptors (Lipinski definition) is 7. The number of nitrogens with one attached hydrogen (secondary N) is 1. The third-order valence-electron chi connectivity index (χ3n) is 5.34. The molecule has 1 aromatic heterocycles. The maximum Gasteiger partial charge on any atom is 0.410 e. The van der Waals surface area contributed by atoms with E-state index in [-0.39, 0.29) is 6.09 Å². The van der Waals surface area contributed by atoms with Gasteiger partial charge in [-0.3, -0.25) is 4.90 Å². The number of benzene rings is 1. The van der Waals surface area contributed by atoms with Crippen molar-refractivity contribution in [3.05, 3.63) is 47.3 Å². The number of hydrogen-bond donors (Lipinski definition) is 2. The van der Waals surface area contributed by atoms with Crippen LogP contribution in [0.5, 0.6) is 0 Å². The number of β-amino-alcohol motifs (C(OH)–C–C–N with tert-alkyl or cyclic N) is 1. The van der Waals surface area contributed by atoms with E-state index >= 15 is 0 Å². The zero-order valence-electron chi connectivity index (χ0n) is 18.7. The summed E-state index contributed by atoms with van der Waals surface area (Å²) in [5.41, 5.74) is 2.93. The van der Waals surface area contributed by atoms with Gasteiger partial charge in [-0.1, -0.05) is 12.1 Å². The van der Waals surface area contributed by atoms with Crippen LogP contribution in [0, 0.1) is 0 Å². The molecule has 2 aliphatic heterocycles. The van der Waals surface area contributed by atoms with E-state index in [1.54, 1.807) is 4.90 Å². The highest BCUT2D eigenvalue weighted by molar-refractivity contribution is 5.68. The van der Waals surface area contributed by atoms with Crippen LogP contribution in [0.1, 0.15) is 44.5 Å². The van der Waals surface area contributed by atoms with E-state index in [1.165, 1.54) is 5.56 Å². The third kappa shape index (κ3) is 5.51. The summed E-state index contributed by atoms with van der Waals surface area (Å²) in [6.45, 7) is 10.7. The molecule has 0 aliphatic carbocycles. The van der Waals surface area contributed by atoms with Crippen molar-refractivity contribution in [2.45, 2.75) is 58.4 Å². The summed E-state index contributed by atoms with van der Waals surface area (Å²) in [4.78, 5) is 25.4. The largest absolute Gasteiger partial charge is 0.444 e. The van der Waals surface area contributed by atoms with Gasteiger partial charge in [0.2, 0.25) is 5.95 Å². The summed E-state index contributed by atoms with van der Waals surface area (Å²) in [6, 6.07) is 8.14. The Morgan fingerprint density at radius 1 is 1.26 bits per heavy atom. The summed E-state index contributed by atoms with van der Waals surface area (Å²) in [6.07, 6.45) is 2.24. The zero-order valence-corrected chi connectivity index (χ0v) is 18.7. The van der Waals surface area contributed by atoms with Gasteiger partial charge in [-0.05, 0) is 57.4 Å². The van der Waals surface area contributed by atoms with Crippen LogP contribution in [-0.2, 0) is 24.2 Å². The minimum Gasteiger partial charge on any atom is -0.444 e. The molecule has 31 heavy (non-hydrogen) atoms. The molecule has 0 atom stereocenters. The van der Waals surface area contributed by atoms with Crippen molar-refractivity contribution in [2.75, 3.05) is 25.0 Å². The molecule has 0 spiro atoms. The zero-order chi connectivity index (χ0) is 22.2. The van der Waals surface area contributed by atoms with E-state index < -0.39 is 11.2 Å². The Morgan fingerprint density at radius 2 is 1.97 bits per heavy atom. The first kappa shape index (κ1) is 21.5. The Balaban J connectivity index is 1.37. The van der Waals surface area contributed by atoms with Gasteiger partial charge in [-0.25, -0.2) is 14.8 Å². The number of likely N-dealkylation sites (tertiary alicyclic amines) is 1. The van der Waals surface area contributed by atoms with Crippen molar-refractivity contribution in [1.29, 1.82) is 0 Å². The lowest BCUT2D eigenvalue weighted by molar-refractivity contribution is -0.0871. The summed E-state index contributed by atoms with van der Waals surface area (Å²) in [7, 11) is 0. The first-order chi connectivity index (χ1) is 14.6. The Morgan fingerprint density at radius 3 is 2.61 bits per heavy atom. The van der Waals surface area contributed by atoms with Gasteiger partial charge < -0.3 is 20.1 Å². The van der Waals surface area contributed by atoms with Crippen LogP contribution in [0.25, 0.3) is 0 Å². The average molecular weight is 426 g/mol. The van der Waals surface area contributed by atoms with Crippen LogP contribution in [0.15, 0.2) is 30.5 Å². The van der Waals surface area contributed by atoms with Crippen molar-refractivity contribution in [3.8, 4) is 0 Å². The molecule has 3 heterocycles. The second kappa shape index (κ2) is 8.09. The molecule has 1 amide bonds. The van der Waals surface area contributed by atoms with Crippen molar-refractivity contribution < 1.29 is 14.6 Å². The lowest BCUT2D eigenvalue weighted by Crippen LogP contribution is -2.59. The van der Waals surface area contributed by atoms with Crippen molar-refractivity contribution >= 4 is 17.7 Å². The number of aliphatic hydroxyl groups is 1. The number of amides is 1. The van der Waals surface area contributed by atoms with Gasteiger partial charge in [0.15, 0.2) is 0 Å². The SMILES string of the molecule is CC1(O)CN(Cc2ccc(Nc3ncc4c(n3)CN(C(=O)OC(C)(C)C)CC4)cc2)C1. The smallest absolute Gasteiger partial charge is 0.410 e. The minimum absolute atomic E-state index is 0.314. The molecule has 0 bridgehead atoms. The molecule has 0 saturated carbocycles. The Bertz CT molecular complexity index is 945. The number of carbonyl (C=O) groups is 1. The predicted molar refractivity (Wildman–Crippen MR) is 118 cm³/mol. The summed E-state index contributed by atoms with van der Waals surface area (Å²) < 4.78 is 5.49. The molecule has 0 radical (unpaired) electrons. The molecule has 0 unspecified atom stereocenters.